The van der Waals surface area contributed by atoms with E-state index in [0.29, 0.717) is 0 Å². The predicted octanol–water partition coefficient (Wildman–Crippen LogP) is -0.264. The van der Waals surface area contributed by atoms with Gasteiger partial charge in [0.1, 0.15) is 19.4 Å². The molecule has 0 amide bonds. The Balaban J connectivity index is 0. The van der Waals surface area contributed by atoms with E-state index in [-0.39, 0.29) is 6.61 Å². The zero-order valence-corrected chi connectivity index (χ0v) is 8.79. The minimum atomic E-state index is -1.31. The monoisotopic (exact) mass is 248 g/mol. The van der Waals surface area contributed by atoms with Crippen LogP contribution < -0.4 is 0 Å². The van der Waals surface area contributed by atoms with Crippen LogP contribution in [0.3, 0.4) is 0 Å². The second-order valence-corrected chi connectivity index (χ2v) is 2.51. The summed E-state index contributed by atoms with van der Waals surface area (Å²) >= 11 is 0. The van der Waals surface area contributed by atoms with Gasteiger partial charge in [-0.2, -0.15) is 0 Å². The van der Waals surface area contributed by atoms with E-state index in [1.54, 1.807) is 0 Å². The molecule has 0 aromatic carbocycles. The van der Waals surface area contributed by atoms with Crippen molar-refractivity contribution >= 4 is 23.9 Å². The second-order valence-electron chi connectivity index (χ2n) is 2.51. The highest BCUT2D eigenvalue weighted by molar-refractivity contribution is 5.90. The van der Waals surface area contributed by atoms with Crippen molar-refractivity contribution in [3.05, 3.63) is 12.7 Å². The third kappa shape index (κ3) is 19.9. The van der Waals surface area contributed by atoms with Crippen LogP contribution in [0.25, 0.3) is 0 Å². The zero-order chi connectivity index (χ0) is 13.8. The first-order valence-electron chi connectivity index (χ1n) is 4.21. The number of hydrogen-bond acceptors (Lipinski definition) is 5. The van der Waals surface area contributed by atoms with Gasteiger partial charge >= 0.3 is 23.9 Å². The van der Waals surface area contributed by atoms with Crippen LogP contribution in [0.5, 0.6) is 0 Å². The Kier molecular flexibility index (Phi) is 10.2. The molecule has 0 aromatic heterocycles. The van der Waals surface area contributed by atoms with Crippen molar-refractivity contribution in [1.82, 2.24) is 0 Å². The van der Waals surface area contributed by atoms with Gasteiger partial charge < -0.3 is 20.1 Å². The summed E-state index contributed by atoms with van der Waals surface area (Å²) in [5.41, 5.74) is 0. The maximum absolute atomic E-state index is 10.4. The Morgan fingerprint density at radius 2 is 1.35 bits per heavy atom. The normalized spacial score (nSPS) is 8.24. The molecule has 0 unspecified atom stereocenters. The fraction of sp³-hybridized carbons (Fsp3) is 0.333. The van der Waals surface area contributed by atoms with E-state index in [9.17, 15) is 19.2 Å². The lowest BCUT2D eigenvalue weighted by Crippen LogP contribution is -2.10. The molecule has 0 fully saturated rings. The van der Waals surface area contributed by atoms with Gasteiger partial charge in [0.05, 0.1) is 0 Å². The Labute approximate surface area is 96.1 Å². The Bertz CT molecular complexity index is 294. The molecule has 0 heterocycles. The van der Waals surface area contributed by atoms with Gasteiger partial charge in [0.2, 0.25) is 0 Å². The van der Waals surface area contributed by atoms with E-state index in [4.69, 9.17) is 15.3 Å². The number of carboxylic acid groups (broad SMARTS) is 3. The molecule has 0 atom stereocenters. The summed E-state index contributed by atoms with van der Waals surface area (Å²) in [5.74, 6) is -4.55. The lowest BCUT2D eigenvalue weighted by molar-refractivity contribution is -0.151. The van der Waals surface area contributed by atoms with Gasteiger partial charge in [0.15, 0.2) is 0 Å². The Morgan fingerprint density at radius 3 is 1.59 bits per heavy atom. The number of ether oxygens (including phenoxy) is 1. The van der Waals surface area contributed by atoms with Crippen LogP contribution in [0.4, 0.5) is 0 Å². The summed E-state index contributed by atoms with van der Waals surface area (Å²) in [6, 6.07) is 0. The molecule has 17 heavy (non-hydrogen) atoms. The summed E-state index contributed by atoms with van der Waals surface area (Å²) in [6.45, 7) is 3.35. The Hall–Kier alpha value is -2.38. The molecule has 0 rings (SSSR count). The fourth-order valence-corrected chi connectivity index (χ4v) is 0.456. The van der Waals surface area contributed by atoms with Crippen molar-refractivity contribution < 1.29 is 39.2 Å². The summed E-state index contributed by atoms with van der Waals surface area (Å²) < 4.78 is 4.36. The van der Waals surface area contributed by atoms with E-state index < -0.39 is 36.7 Å². The van der Waals surface area contributed by atoms with Crippen LogP contribution >= 0.6 is 0 Å². The maximum atomic E-state index is 10.4. The quantitative estimate of drug-likeness (QED) is 0.332. The van der Waals surface area contributed by atoms with Crippen molar-refractivity contribution in [3.8, 4) is 0 Å². The Morgan fingerprint density at radius 1 is 0.941 bits per heavy atom. The molecule has 0 aliphatic rings. The van der Waals surface area contributed by atoms with Gasteiger partial charge in [-0.15, -0.1) is 0 Å². The van der Waals surface area contributed by atoms with Crippen molar-refractivity contribution in [2.45, 2.75) is 12.8 Å². The predicted molar refractivity (Wildman–Crippen MR) is 53.3 cm³/mol. The topological polar surface area (TPSA) is 138 Å². The largest absolute Gasteiger partial charge is 0.481 e. The average Bonchev–Trinajstić information content (AvgIpc) is 2.12. The maximum Gasteiger partial charge on any atom is 0.317 e. The molecule has 0 bridgehead atoms. The van der Waals surface area contributed by atoms with Crippen molar-refractivity contribution in [3.63, 3.8) is 0 Å². The van der Waals surface area contributed by atoms with Crippen LogP contribution in [0, 0.1) is 0 Å². The van der Waals surface area contributed by atoms with Gasteiger partial charge in [-0.3, -0.25) is 19.2 Å². The summed E-state index contributed by atoms with van der Waals surface area (Å²) in [4.78, 5) is 39.1. The standard InChI is InChI=1S/C6H8O4.C3H4O4/c1-2-3-10-6(9)4-5(7)8;4-2(5)1-3(6)7/h2H,1,3-4H2,(H,7,8);1H2,(H,4,5)(H,6,7). The highest BCUT2D eigenvalue weighted by Gasteiger charge is 2.06. The van der Waals surface area contributed by atoms with Gasteiger partial charge in [-0.25, -0.2) is 0 Å². The van der Waals surface area contributed by atoms with Gasteiger partial charge in [0, 0.05) is 0 Å². The van der Waals surface area contributed by atoms with Crippen LogP contribution in [0.15, 0.2) is 12.7 Å². The number of carbonyl (C=O) groups is 4. The van der Waals surface area contributed by atoms with Crippen LogP contribution in [-0.4, -0.2) is 45.8 Å². The highest BCUT2D eigenvalue weighted by atomic mass is 16.5. The lowest BCUT2D eigenvalue weighted by Gasteiger charge is -1.96. The number of carbonyl (C=O) groups excluding carboxylic acids is 1. The number of rotatable bonds is 6. The highest BCUT2D eigenvalue weighted by Crippen LogP contribution is 1.85. The van der Waals surface area contributed by atoms with Gasteiger partial charge in [-0.1, -0.05) is 12.7 Å². The van der Waals surface area contributed by atoms with Crippen LogP contribution in [0.2, 0.25) is 0 Å². The molecule has 0 aliphatic heterocycles. The minimum Gasteiger partial charge on any atom is -0.481 e. The summed E-state index contributed by atoms with van der Waals surface area (Å²) in [6.07, 6.45) is -0.0202. The molecule has 0 aliphatic carbocycles. The lowest BCUT2D eigenvalue weighted by atomic mass is 10.4. The van der Waals surface area contributed by atoms with Gasteiger partial charge in [0.25, 0.3) is 0 Å². The molecule has 0 aromatic rings. The molecule has 0 saturated carbocycles. The SMILES string of the molecule is C=CCOC(=O)CC(=O)O.O=C(O)CC(=O)O. The molecule has 3 N–H and O–H groups in total. The van der Waals surface area contributed by atoms with Crippen LogP contribution in [-0.2, 0) is 23.9 Å². The molecule has 96 valence electrons. The van der Waals surface area contributed by atoms with Crippen molar-refractivity contribution in [2.24, 2.45) is 0 Å². The van der Waals surface area contributed by atoms with E-state index in [0.717, 1.165) is 0 Å². The number of carboxylic acids is 3. The molecule has 8 heteroatoms. The van der Waals surface area contributed by atoms with Gasteiger partial charge in [-0.05, 0) is 0 Å². The van der Waals surface area contributed by atoms with Crippen LogP contribution in [0.1, 0.15) is 12.8 Å². The molecular weight excluding hydrogens is 236 g/mol. The smallest absolute Gasteiger partial charge is 0.317 e. The van der Waals surface area contributed by atoms with E-state index in [2.05, 4.69) is 11.3 Å². The zero-order valence-electron chi connectivity index (χ0n) is 8.79. The fourth-order valence-electron chi connectivity index (χ4n) is 0.456. The first-order chi connectivity index (χ1) is 7.79. The molecular formula is C9H12O8. The second kappa shape index (κ2) is 10.1. The number of esters is 1. The van der Waals surface area contributed by atoms with E-state index in [1.807, 2.05) is 0 Å². The molecule has 0 radical (unpaired) electrons. The third-order valence-electron chi connectivity index (χ3n) is 0.960. The van der Waals surface area contributed by atoms with E-state index in [1.165, 1.54) is 6.08 Å². The molecule has 8 nitrogen and oxygen atoms in total. The molecule has 0 spiro atoms. The number of hydrogen-bond donors (Lipinski definition) is 3. The third-order valence-corrected chi connectivity index (χ3v) is 0.960. The van der Waals surface area contributed by atoms with Crippen molar-refractivity contribution in [1.29, 1.82) is 0 Å². The van der Waals surface area contributed by atoms with Crippen molar-refractivity contribution in [2.75, 3.05) is 6.61 Å². The average molecular weight is 248 g/mol. The summed E-state index contributed by atoms with van der Waals surface area (Å²) in [7, 11) is 0. The summed E-state index contributed by atoms with van der Waals surface area (Å²) in [5, 5.41) is 23.5. The number of aliphatic carboxylic acids is 3. The molecule has 0 saturated heterocycles. The minimum absolute atomic E-state index is 0.0616. The van der Waals surface area contributed by atoms with E-state index >= 15 is 0 Å². The first kappa shape index (κ1) is 17.0. The first-order valence-corrected chi connectivity index (χ1v) is 4.21.